The lowest BCUT2D eigenvalue weighted by molar-refractivity contribution is 1.19. The molecule has 0 spiro atoms. The second-order valence-corrected chi connectivity index (χ2v) is 10.7. The number of hydrogen-bond acceptors (Lipinski definition) is 3. The van der Waals surface area contributed by atoms with E-state index in [-0.39, 0.29) is 0 Å². The van der Waals surface area contributed by atoms with Crippen molar-refractivity contribution in [2.45, 2.75) is 0 Å². The van der Waals surface area contributed by atoms with E-state index in [9.17, 15) is 0 Å². The van der Waals surface area contributed by atoms with E-state index in [4.69, 9.17) is 4.98 Å². The van der Waals surface area contributed by atoms with Gasteiger partial charge in [-0.15, -0.1) is 11.3 Å². The average Bonchev–Trinajstić information content (AvgIpc) is 3.36. The van der Waals surface area contributed by atoms with Crippen LogP contribution in [-0.4, -0.2) is 4.98 Å². The summed E-state index contributed by atoms with van der Waals surface area (Å²) >= 11 is 1.87. The largest absolute Gasteiger partial charge is 0.301 e. The molecular weight excluding hydrogens is 480 g/mol. The first-order valence-electron chi connectivity index (χ1n) is 12.8. The van der Waals surface area contributed by atoms with Crippen molar-refractivity contribution in [2.24, 2.45) is 0 Å². The average molecular weight is 503 g/mol. The molecule has 0 radical (unpaired) electrons. The van der Waals surface area contributed by atoms with Crippen LogP contribution in [0.3, 0.4) is 0 Å². The fourth-order valence-electron chi connectivity index (χ4n) is 5.67. The highest BCUT2D eigenvalue weighted by atomic mass is 32.1. The van der Waals surface area contributed by atoms with Gasteiger partial charge in [0.15, 0.2) is 0 Å². The molecule has 0 atom stereocenters. The van der Waals surface area contributed by atoms with Crippen LogP contribution in [0.5, 0.6) is 0 Å². The Kier molecular flexibility index (Phi) is 4.73. The van der Waals surface area contributed by atoms with E-state index in [2.05, 4.69) is 132 Å². The Balaban J connectivity index is 1.38. The molecule has 0 amide bonds. The Labute approximate surface area is 224 Å². The molecule has 7 aromatic rings. The summed E-state index contributed by atoms with van der Waals surface area (Å²) in [5.41, 5.74) is 6.86. The molecule has 0 unspecified atom stereocenters. The van der Waals surface area contributed by atoms with Crippen molar-refractivity contribution in [3.05, 3.63) is 133 Å². The smallest absolute Gasteiger partial charge is 0.138 e. The molecule has 3 heteroatoms. The van der Waals surface area contributed by atoms with Crippen LogP contribution in [0.15, 0.2) is 128 Å². The summed E-state index contributed by atoms with van der Waals surface area (Å²) in [4.78, 5) is 7.44. The molecule has 38 heavy (non-hydrogen) atoms. The molecule has 5 aromatic carbocycles. The van der Waals surface area contributed by atoms with E-state index >= 15 is 0 Å². The van der Waals surface area contributed by atoms with Gasteiger partial charge in [0.25, 0.3) is 0 Å². The van der Waals surface area contributed by atoms with Gasteiger partial charge in [-0.2, -0.15) is 0 Å². The zero-order valence-corrected chi connectivity index (χ0v) is 21.3. The maximum absolute atomic E-state index is 5.19. The summed E-state index contributed by atoms with van der Waals surface area (Å²) < 4.78 is 2.66. The van der Waals surface area contributed by atoms with Gasteiger partial charge in [0.05, 0.1) is 11.4 Å². The minimum atomic E-state index is 0.912. The number of rotatable bonds is 3. The fourth-order valence-corrected chi connectivity index (χ4v) is 6.84. The number of anilines is 2. The Hall–Kier alpha value is -4.73. The van der Waals surface area contributed by atoms with Gasteiger partial charge in [-0.3, -0.25) is 0 Å². The lowest BCUT2D eigenvalue weighted by Gasteiger charge is -2.27. The zero-order chi connectivity index (χ0) is 25.1. The van der Waals surface area contributed by atoms with Gasteiger partial charge >= 0.3 is 0 Å². The van der Waals surface area contributed by atoms with Crippen molar-refractivity contribution in [1.82, 2.24) is 4.98 Å². The Morgan fingerprint density at radius 1 is 0.579 bits per heavy atom. The number of aromatic nitrogens is 1. The number of hydrogen-bond donors (Lipinski definition) is 0. The van der Waals surface area contributed by atoms with E-state index < -0.39 is 0 Å². The first-order valence-corrected chi connectivity index (χ1v) is 13.6. The maximum atomic E-state index is 5.19. The molecule has 0 bridgehead atoms. The minimum absolute atomic E-state index is 0.912. The lowest BCUT2D eigenvalue weighted by atomic mass is 9.95. The molecule has 3 heterocycles. The number of nitrogens with zero attached hydrogens (tertiary/aromatic N) is 2. The Morgan fingerprint density at radius 2 is 1.34 bits per heavy atom. The molecule has 0 fully saturated rings. The molecule has 0 N–H and O–H groups in total. The van der Waals surface area contributed by atoms with Gasteiger partial charge < -0.3 is 4.90 Å². The second kappa shape index (κ2) is 8.41. The predicted octanol–water partition coefficient (Wildman–Crippen LogP) is 10.1. The lowest BCUT2D eigenvalue weighted by Crippen LogP contribution is -2.14. The third-order valence-corrected chi connectivity index (χ3v) is 8.53. The third kappa shape index (κ3) is 3.29. The SMILES string of the molecule is C1=CN(c2cc(-c3ccccc3)cc(-c3ccccc3)n2)c2cccc3cc4sc5ccccc5c4c1c23. The molecule has 2 nitrogen and oxygen atoms in total. The topological polar surface area (TPSA) is 16.1 Å². The first-order chi connectivity index (χ1) is 18.8. The number of thiophene rings is 1. The van der Waals surface area contributed by atoms with Crippen LogP contribution >= 0.6 is 11.3 Å². The highest BCUT2D eigenvalue weighted by Gasteiger charge is 2.22. The molecule has 2 aromatic heterocycles. The van der Waals surface area contributed by atoms with Crippen LogP contribution in [0.25, 0.3) is 59.4 Å². The highest BCUT2D eigenvalue weighted by molar-refractivity contribution is 7.26. The molecule has 178 valence electrons. The van der Waals surface area contributed by atoms with Crippen molar-refractivity contribution in [3.63, 3.8) is 0 Å². The number of fused-ring (bicyclic) bond motifs is 4. The van der Waals surface area contributed by atoms with Crippen molar-refractivity contribution >= 4 is 59.9 Å². The Bertz CT molecular complexity index is 1960. The van der Waals surface area contributed by atoms with Crippen LogP contribution in [0.4, 0.5) is 11.5 Å². The van der Waals surface area contributed by atoms with Crippen LogP contribution in [0.2, 0.25) is 0 Å². The van der Waals surface area contributed by atoms with Crippen LogP contribution in [-0.2, 0) is 0 Å². The van der Waals surface area contributed by atoms with Crippen LogP contribution in [0, 0.1) is 0 Å². The second-order valence-electron chi connectivity index (χ2n) is 9.65. The Morgan fingerprint density at radius 3 is 2.18 bits per heavy atom. The molecule has 1 aliphatic rings. The molecular formula is C35H22N2S. The quantitative estimate of drug-likeness (QED) is 0.239. The van der Waals surface area contributed by atoms with Gasteiger partial charge in [0.2, 0.25) is 0 Å². The summed E-state index contributed by atoms with van der Waals surface area (Å²) in [5.74, 6) is 0.912. The minimum Gasteiger partial charge on any atom is -0.301 e. The normalized spacial score (nSPS) is 12.6. The number of benzene rings is 5. The summed E-state index contributed by atoms with van der Waals surface area (Å²) in [6.45, 7) is 0. The van der Waals surface area contributed by atoms with Crippen LogP contribution in [0.1, 0.15) is 5.56 Å². The molecule has 1 aliphatic heterocycles. The molecule has 0 saturated heterocycles. The van der Waals surface area contributed by atoms with Gasteiger partial charge in [-0.1, -0.05) is 91.0 Å². The summed E-state index contributed by atoms with van der Waals surface area (Å²) in [6.07, 6.45) is 4.46. The third-order valence-electron chi connectivity index (χ3n) is 7.41. The molecule has 0 saturated carbocycles. The van der Waals surface area contributed by atoms with Crippen molar-refractivity contribution in [3.8, 4) is 22.4 Å². The molecule has 8 rings (SSSR count). The standard InChI is InChI=1S/C35H22N2S/c1-3-10-23(11-4-1)26-20-29(24-12-5-2-6-13-24)36-33(22-26)37-19-18-28-34-25(14-9-16-30(34)37)21-32-35(28)27-15-7-8-17-31(27)38-32/h1-22H. The van der Waals surface area contributed by atoms with E-state index in [0.29, 0.717) is 0 Å². The van der Waals surface area contributed by atoms with Gasteiger partial charge in [-0.25, -0.2) is 4.98 Å². The zero-order valence-electron chi connectivity index (χ0n) is 20.5. The van der Waals surface area contributed by atoms with E-state index in [0.717, 1.165) is 28.3 Å². The van der Waals surface area contributed by atoms with Gasteiger partial charge in [-0.05, 0) is 58.5 Å². The van der Waals surface area contributed by atoms with Gasteiger partial charge in [0.1, 0.15) is 5.82 Å². The maximum Gasteiger partial charge on any atom is 0.138 e. The van der Waals surface area contributed by atoms with Gasteiger partial charge in [0, 0.05) is 37.3 Å². The predicted molar refractivity (Wildman–Crippen MR) is 163 cm³/mol. The fraction of sp³-hybridized carbons (Fsp3) is 0. The highest BCUT2D eigenvalue weighted by Crippen LogP contribution is 2.46. The van der Waals surface area contributed by atoms with Crippen LogP contribution < -0.4 is 4.90 Å². The van der Waals surface area contributed by atoms with Crippen molar-refractivity contribution in [1.29, 1.82) is 0 Å². The summed E-state index contributed by atoms with van der Waals surface area (Å²) in [6, 6.07) is 43.1. The van der Waals surface area contributed by atoms with Crippen molar-refractivity contribution < 1.29 is 0 Å². The summed E-state index contributed by atoms with van der Waals surface area (Å²) in [7, 11) is 0. The number of pyridine rings is 1. The van der Waals surface area contributed by atoms with E-state index in [1.54, 1.807) is 0 Å². The monoisotopic (exact) mass is 502 g/mol. The van der Waals surface area contributed by atoms with E-state index in [1.165, 1.54) is 42.1 Å². The van der Waals surface area contributed by atoms with Crippen molar-refractivity contribution in [2.75, 3.05) is 4.90 Å². The molecule has 0 aliphatic carbocycles. The first kappa shape index (κ1) is 21.4. The van der Waals surface area contributed by atoms with E-state index in [1.807, 2.05) is 17.4 Å². The summed E-state index contributed by atoms with van der Waals surface area (Å²) in [5, 5.41) is 5.21.